The van der Waals surface area contributed by atoms with Gasteiger partial charge in [-0.2, -0.15) is 0 Å². The van der Waals surface area contributed by atoms with Crippen LogP contribution in [0.15, 0.2) is 48.4 Å². The monoisotopic (exact) mass is 286 g/mol. The van der Waals surface area contributed by atoms with E-state index in [2.05, 4.69) is 48.5 Å². The highest BCUT2D eigenvalue weighted by Gasteiger charge is 2.11. The van der Waals surface area contributed by atoms with E-state index < -0.39 is 0 Å². The van der Waals surface area contributed by atoms with Crippen molar-refractivity contribution in [1.29, 1.82) is 0 Å². The van der Waals surface area contributed by atoms with Gasteiger partial charge in [0.1, 0.15) is 0 Å². The zero-order valence-electron chi connectivity index (χ0n) is 12.0. The molecule has 2 nitrogen and oxygen atoms in total. The smallest absolute Gasteiger partial charge is 0.0948 e. The van der Waals surface area contributed by atoms with Crippen LogP contribution in [0.4, 0.5) is 0 Å². The van der Waals surface area contributed by atoms with Gasteiger partial charge in [-0.3, -0.25) is 0 Å². The van der Waals surface area contributed by atoms with Gasteiger partial charge in [0.05, 0.1) is 10.7 Å². The lowest BCUT2D eigenvalue weighted by Gasteiger charge is -2.15. The SMILES string of the molecule is C=CCC(Cc1nc(-c2ccccc2)cs1)NCCC. The maximum absolute atomic E-state index is 4.75. The molecule has 0 saturated heterocycles. The molecule has 0 fully saturated rings. The van der Waals surface area contributed by atoms with E-state index in [0.717, 1.165) is 31.5 Å². The lowest BCUT2D eigenvalue weighted by Crippen LogP contribution is -2.31. The van der Waals surface area contributed by atoms with E-state index >= 15 is 0 Å². The van der Waals surface area contributed by atoms with Gasteiger partial charge >= 0.3 is 0 Å². The summed E-state index contributed by atoms with van der Waals surface area (Å²) in [5.41, 5.74) is 2.27. The molecule has 1 aromatic carbocycles. The van der Waals surface area contributed by atoms with Crippen LogP contribution in [0.2, 0.25) is 0 Å². The van der Waals surface area contributed by atoms with Crippen LogP contribution in [0.5, 0.6) is 0 Å². The largest absolute Gasteiger partial charge is 0.313 e. The Hall–Kier alpha value is -1.45. The summed E-state index contributed by atoms with van der Waals surface area (Å²) in [6.07, 6.45) is 5.10. The lowest BCUT2D eigenvalue weighted by atomic mass is 10.1. The fourth-order valence-corrected chi connectivity index (χ4v) is 3.03. The molecule has 2 rings (SSSR count). The molecule has 0 bridgehead atoms. The molecule has 3 heteroatoms. The summed E-state index contributed by atoms with van der Waals surface area (Å²) in [6.45, 7) is 7.09. The van der Waals surface area contributed by atoms with E-state index in [1.54, 1.807) is 11.3 Å². The summed E-state index contributed by atoms with van der Waals surface area (Å²) in [5.74, 6) is 0. The maximum Gasteiger partial charge on any atom is 0.0948 e. The molecule has 1 heterocycles. The molecule has 1 N–H and O–H groups in total. The Kier molecular flexibility index (Phi) is 5.96. The summed E-state index contributed by atoms with van der Waals surface area (Å²) in [6, 6.07) is 10.8. The molecule has 106 valence electrons. The van der Waals surface area contributed by atoms with Crippen LogP contribution in [-0.2, 0) is 6.42 Å². The highest BCUT2D eigenvalue weighted by atomic mass is 32.1. The molecule has 1 unspecified atom stereocenters. The minimum absolute atomic E-state index is 0.447. The molecule has 1 atom stereocenters. The molecule has 0 saturated carbocycles. The molecule has 0 spiro atoms. The molecule has 0 amide bonds. The van der Waals surface area contributed by atoms with E-state index in [9.17, 15) is 0 Å². The van der Waals surface area contributed by atoms with Gasteiger partial charge in [-0.15, -0.1) is 17.9 Å². The third kappa shape index (κ3) is 4.29. The van der Waals surface area contributed by atoms with Crippen molar-refractivity contribution < 1.29 is 0 Å². The molecular formula is C17H22N2S. The topological polar surface area (TPSA) is 24.9 Å². The Balaban J connectivity index is 2.02. The summed E-state index contributed by atoms with van der Waals surface area (Å²) in [4.78, 5) is 4.75. The summed E-state index contributed by atoms with van der Waals surface area (Å²) < 4.78 is 0. The van der Waals surface area contributed by atoms with Gasteiger partial charge in [-0.25, -0.2) is 4.98 Å². The van der Waals surface area contributed by atoms with E-state index in [-0.39, 0.29) is 0 Å². The first-order chi connectivity index (χ1) is 9.83. The highest BCUT2D eigenvalue weighted by Crippen LogP contribution is 2.22. The van der Waals surface area contributed by atoms with Gasteiger partial charge in [0.25, 0.3) is 0 Å². The molecule has 0 aliphatic rings. The number of hydrogen-bond donors (Lipinski definition) is 1. The zero-order valence-corrected chi connectivity index (χ0v) is 12.8. The van der Waals surface area contributed by atoms with Crippen molar-refractivity contribution in [3.05, 3.63) is 53.4 Å². The Labute approximate surface area is 125 Å². The van der Waals surface area contributed by atoms with E-state index in [0.29, 0.717) is 6.04 Å². The Morgan fingerprint density at radius 2 is 2.15 bits per heavy atom. The average Bonchev–Trinajstić information content (AvgIpc) is 2.94. The first-order valence-corrected chi connectivity index (χ1v) is 8.05. The van der Waals surface area contributed by atoms with Crippen molar-refractivity contribution >= 4 is 11.3 Å². The standard InChI is InChI=1S/C17H22N2S/c1-3-8-15(18-11-4-2)12-17-19-16(13-20-17)14-9-6-5-7-10-14/h3,5-7,9-10,13,15,18H,1,4,8,11-12H2,2H3. The van der Waals surface area contributed by atoms with E-state index in [1.807, 2.05) is 12.1 Å². The molecule has 0 aliphatic heterocycles. The van der Waals surface area contributed by atoms with Crippen molar-refractivity contribution in [1.82, 2.24) is 10.3 Å². The van der Waals surface area contributed by atoms with Crippen LogP contribution >= 0.6 is 11.3 Å². The van der Waals surface area contributed by atoms with Gasteiger partial charge in [0, 0.05) is 23.4 Å². The van der Waals surface area contributed by atoms with Crippen LogP contribution in [-0.4, -0.2) is 17.6 Å². The number of benzene rings is 1. The molecule has 2 aromatic rings. The number of aromatic nitrogens is 1. The summed E-state index contributed by atoms with van der Waals surface area (Å²) in [7, 11) is 0. The van der Waals surface area contributed by atoms with Gasteiger partial charge < -0.3 is 5.32 Å². The third-order valence-electron chi connectivity index (χ3n) is 3.18. The number of thiazole rings is 1. The first-order valence-electron chi connectivity index (χ1n) is 7.17. The second-order valence-corrected chi connectivity index (χ2v) is 5.81. The number of hydrogen-bond acceptors (Lipinski definition) is 3. The van der Waals surface area contributed by atoms with Crippen LogP contribution < -0.4 is 5.32 Å². The molecule has 0 radical (unpaired) electrons. The predicted molar refractivity (Wildman–Crippen MR) is 88.1 cm³/mol. The Bertz CT molecular complexity index is 519. The zero-order chi connectivity index (χ0) is 14.2. The van der Waals surface area contributed by atoms with Gasteiger partial charge in [0.15, 0.2) is 0 Å². The van der Waals surface area contributed by atoms with Gasteiger partial charge in [0.2, 0.25) is 0 Å². The normalized spacial score (nSPS) is 12.2. The fourth-order valence-electron chi connectivity index (χ4n) is 2.15. The molecule has 20 heavy (non-hydrogen) atoms. The Morgan fingerprint density at radius 3 is 2.85 bits per heavy atom. The fraction of sp³-hybridized carbons (Fsp3) is 0.353. The second kappa shape index (κ2) is 7.98. The maximum atomic E-state index is 4.75. The number of rotatable bonds is 8. The van der Waals surface area contributed by atoms with Crippen LogP contribution in [0.3, 0.4) is 0 Å². The average molecular weight is 286 g/mol. The summed E-state index contributed by atoms with van der Waals surface area (Å²) in [5, 5.41) is 6.91. The second-order valence-electron chi connectivity index (χ2n) is 4.87. The third-order valence-corrected chi connectivity index (χ3v) is 4.05. The van der Waals surface area contributed by atoms with E-state index in [1.165, 1.54) is 10.6 Å². The van der Waals surface area contributed by atoms with Crippen LogP contribution in [0.25, 0.3) is 11.3 Å². The predicted octanol–water partition coefficient (Wildman–Crippen LogP) is 4.30. The summed E-state index contributed by atoms with van der Waals surface area (Å²) >= 11 is 1.75. The van der Waals surface area contributed by atoms with Crippen molar-refractivity contribution in [2.24, 2.45) is 0 Å². The van der Waals surface area contributed by atoms with Gasteiger partial charge in [-0.1, -0.05) is 43.3 Å². The van der Waals surface area contributed by atoms with Gasteiger partial charge in [-0.05, 0) is 19.4 Å². The van der Waals surface area contributed by atoms with Crippen LogP contribution in [0.1, 0.15) is 24.8 Å². The number of nitrogens with zero attached hydrogens (tertiary/aromatic N) is 1. The lowest BCUT2D eigenvalue weighted by molar-refractivity contribution is 0.511. The highest BCUT2D eigenvalue weighted by molar-refractivity contribution is 7.09. The van der Waals surface area contributed by atoms with Crippen LogP contribution in [0, 0.1) is 0 Å². The first kappa shape index (κ1) is 14.9. The molecule has 0 aliphatic carbocycles. The van der Waals surface area contributed by atoms with Crippen molar-refractivity contribution in [2.45, 2.75) is 32.2 Å². The van der Waals surface area contributed by atoms with Crippen molar-refractivity contribution in [3.8, 4) is 11.3 Å². The van der Waals surface area contributed by atoms with E-state index in [4.69, 9.17) is 4.98 Å². The van der Waals surface area contributed by atoms with Crippen molar-refractivity contribution in [3.63, 3.8) is 0 Å². The van der Waals surface area contributed by atoms with Crippen molar-refractivity contribution in [2.75, 3.05) is 6.54 Å². The molecular weight excluding hydrogens is 264 g/mol. The number of nitrogens with one attached hydrogen (secondary N) is 1. The Morgan fingerprint density at radius 1 is 1.35 bits per heavy atom. The quantitative estimate of drug-likeness (QED) is 0.732. The molecule has 1 aromatic heterocycles. The minimum atomic E-state index is 0.447. The minimum Gasteiger partial charge on any atom is -0.313 e.